The van der Waals surface area contributed by atoms with E-state index in [1.807, 2.05) is 18.6 Å². The van der Waals surface area contributed by atoms with Crippen LogP contribution in [0.5, 0.6) is 0 Å². The number of fused-ring (bicyclic) bond motifs is 1. The highest BCUT2D eigenvalue weighted by Crippen LogP contribution is 2.39. The van der Waals surface area contributed by atoms with Crippen molar-refractivity contribution >= 4 is 17.0 Å². The number of nitrogens with zero attached hydrogens (tertiary/aromatic N) is 5. The predicted octanol–water partition coefficient (Wildman–Crippen LogP) is 4.84. The minimum absolute atomic E-state index is 0.178. The summed E-state index contributed by atoms with van der Waals surface area (Å²) in [5, 5.41) is 14.5. The lowest BCUT2D eigenvalue weighted by Gasteiger charge is -2.27. The van der Waals surface area contributed by atoms with Gasteiger partial charge in [-0.15, -0.1) is 0 Å². The largest absolute Gasteiger partial charge is 0.393 e. The van der Waals surface area contributed by atoms with E-state index in [9.17, 15) is 5.11 Å². The molecule has 0 radical (unpaired) electrons. The van der Waals surface area contributed by atoms with Crippen molar-refractivity contribution in [2.75, 3.05) is 5.32 Å². The molecule has 0 amide bonds. The zero-order valence-corrected chi connectivity index (χ0v) is 18.5. The number of aliphatic hydroxyl groups is 1. The molecule has 0 aliphatic heterocycles. The normalized spacial score (nSPS) is 22.5. The summed E-state index contributed by atoms with van der Waals surface area (Å²) in [6, 6.07) is 0.667. The summed E-state index contributed by atoms with van der Waals surface area (Å²) in [6.07, 6.45) is 16.0. The first kappa shape index (κ1) is 20.4. The van der Waals surface area contributed by atoms with E-state index in [2.05, 4.69) is 44.9 Å². The first-order valence-corrected chi connectivity index (χ1v) is 11.8. The average molecular weight is 421 g/mol. The van der Waals surface area contributed by atoms with E-state index >= 15 is 0 Å². The van der Waals surface area contributed by atoms with Crippen molar-refractivity contribution in [1.82, 2.24) is 24.5 Å². The molecule has 3 heterocycles. The van der Waals surface area contributed by atoms with Gasteiger partial charge in [-0.25, -0.2) is 15.0 Å². The van der Waals surface area contributed by atoms with Crippen LogP contribution in [0.4, 0.5) is 5.95 Å². The van der Waals surface area contributed by atoms with Gasteiger partial charge in [-0.3, -0.25) is 0 Å². The van der Waals surface area contributed by atoms with Crippen molar-refractivity contribution < 1.29 is 5.11 Å². The highest BCUT2D eigenvalue weighted by atomic mass is 16.3. The van der Waals surface area contributed by atoms with Gasteiger partial charge in [0.2, 0.25) is 5.95 Å². The number of hydrogen-bond acceptors (Lipinski definition) is 6. The van der Waals surface area contributed by atoms with E-state index in [-0.39, 0.29) is 6.10 Å². The van der Waals surface area contributed by atoms with Crippen LogP contribution in [0, 0.1) is 0 Å². The van der Waals surface area contributed by atoms with E-state index in [0.717, 1.165) is 66.5 Å². The Morgan fingerprint density at radius 2 is 1.81 bits per heavy atom. The molecule has 0 aromatic carbocycles. The molecular weight excluding hydrogens is 388 g/mol. The van der Waals surface area contributed by atoms with Crippen LogP contribution in [-0.4, -0.2) is 41.8 Å². The van der Waals surface area contributed by atoms with Gasteiger partial charge < -0.3 is 15.0 Å². The SMILES string of the molecule is CCC[C@H](C)Nc1ncc2c(-c3cnc(C4CC4)nc3)cn(C3CCC(O)CC3)c2n1. The second-order valence-corrected chi connectivity index (χ2v) is 9.28. The molecule has 7 heteroatoms. The highest BCUT2D eigenvalue weighted by Gasteiger charge is 2.27. The van der Waals surface area contributed by atoms with Crippen LogP contribution in [0.15, 0.2) is 24.8 Å². The molecule has 0 unspecified atom stereocenters. The number of nitrogens with one attached hydrogen (secondary N) is 1. The summed E-state index contributed by atoms with van der Waals surface area (Å²) in [5.74, 6) is 2.18. The minimum Gasteiger partial charge on any atom is -0.393 e. The van der Waals surface area contributed by atoms with E-state index < -0.39 is 0 Å². The molecule has 5 rings (SSSR count). The summed E-state index contributed by atoms with van der Waals surface area (Å²) >= 11 is 0. The van der Waals surface area contributed by atoms with Gasteiger partial charge in [0.25, 0.3) is 0 Å². The van der Waals surface area contributed by atoms with Crippen LogP contribution < -0.4 is 5.32 Å². The van der Waals surface area contributed by atoms with Gasteiger partial charge in [0.1, 0.15) is 11.5 Å². The van der Waals surface area contributed by atoms with E-state index in [4.69, 9.17) is 4.98 Å². The Bertz CT molecular complexity index is 1030. The van der Waals surface area contributed by atoms with Crippen molar-refractivity contribution in [2.45, 2.75) is 89.3 Å². The first-order valence-electron chi connectivity index (χ1n) is 11.8. The van der Waals surface area contributed by atoms with Crippen molar-refractivity contribution in [3.8, 4) is 11.1 Å². The molecule has 3 aromatic rings. The molecule has 2 saturated carbocycles. The zero-order valence-electron chi connectivity index (χ0n) is 18.5. The molecule has 2 N–H and O–H groups in total. The Labute approximate surface area is 183 Å². The molecule has 2 fully saturated rings. The second kappa shape index (κ2) is 8.54. The smallest absolute Gasteiger partial charge is 0.224 e. The number of rotatable bonds is 7. The van der Waals surface area contributed by atoms with Gasteiger partial charge in [-0.05, 0) is 51.9 Å². The van der Waals surface area contributed by atoms with Crippen LogP contribution in [0.1, 0.15) is 83.0 Å². The second-order valence-electron chi connectivity index (χ2n) is 9.28. The quantitative estimate of drug-likeness (QED) is 0.568. The van der Waals surface area contributed by atoms with Crippen LogP contribution in [0.3, 0.4) is 0 Å². The fourth-order valence-corrected chi connectivity index (χ4v) is 4.70. The molecule has 1 atom stereocenters. The number of aliphatic hydroxyl groups excluding tert-OH is 1. The maximum absolute atomic E-state index is 9.98. The third-order valence-electron chi connectivity index (χ3n) is 6.65. The van der Waals surface area contributed by atoms with Crippen molar-refractivity contribution in [1.29, 1.82) is 0 Å². The standard InChI is InChI=1S/C24H32N6O/c1-3-4-15(2)28-24-27-13-20-21(17-11-25-22(26-12-17)16-5-6-16)14-30(23(20)29-24)18-7-9-19(31)10-8-18/h11-16,18-19,31H,3-10H2,1-2H3,(H,27,28,29)/t15-,18?,19?/m0/s1. The number of aromatic nitrogens is 5. The maximum Gasteiger partial charge on any atom is 0.224 e. The maximum atomic E-state index is 9.98. The van der Waals surface area contributed by atoms with E-state index in [1.54, 1.807) is 0 Å². The summed E-state index contributed by atoms with van der Waals surface area (Å²) in [5.41, 5.74) is 3.04. The van der Waals surface area contributed by atoms with E-state index in [0.29, 0.717) is 23.9 Å². The van der Waals surface area contributed by atoms with Gasteiger partial charge >= 0.3 is 0 Å². The summed E-state index contributed by atoms with van der Waals surface area (Å²) in [7, 11) is 0. The first-order chi connectivity index (χ1) is 15.1. The monoisotopic (exact) mass is 420 g/mol. The Morgan fingerprint density at radius 1 is 1.06 bits per heavy atom. The molecule has 0 spiro atoms. The zero-order chi connectivity index (χ0) is 21.4. The lowest BCUT2D eigenvalue weighted by molar-refractivity contribution is 0.111. The fraction of sp³-hybridized carbons (Fsp3) is 0.583. The van der Waals surface area contributed by atoms with Gasteiger partial charge in [-0.1, -0.05) is 13.3 Å². The van der Waals surface area contributed by atoms with Crippen molar-refractivity contribution in [3.63, 3.8) is 0 Å². The Kier molecular flexibility index (Phi) is 5.61. The molecule has 0 saturated heterocycles. The molecular formula is C24H32N6O. The molecule has 2 aliphatic carbocycles. The van der Waals surface area contributed by atoms with Crippen molar-refractivity contribution in [2.24, 2.45) is 0 Å². The highest BCUT2D eigenvalue weighted by molar-refractivity contribution is 5.93. The van der Waals surface area contributed by atoms with Crippen molar-refractivity contribution in [3.05, 3.63) is 30.6 Å². The fourth-order valence-electron chi connectivity index (χ4n) is 4.70. The molecule has 31 heavy (non-hydrogen) atoms. The average Bonchev–Trinajstić information content (AvgIpc) is 3.56. The Hall–Kier alpha value is -2.54. The Morgan fingerprint density at radius 3 is 2.48 bits per heavy atom. The topological polar surface area (TPSA) is 88.8 Å². The van der Waals surface area contributed by atoms with Crippen LogP contribution in [0.25, 0.3) is 22.2 Å². The third kappa shape index (κ3) is 4.28. The minimum atomic E-state index is -0.178. The summed E-state index contributed by atoms with van der Waals surface area (Å²) in [4.78, 5) is 18.8. The number of anilines is 1. The van der Waals surface area contributed by atoms with Gasteiger partial charge in [0.05, 0.1) is 6.10 Å². The van der Waals surface area contributed by atoms with Crippen LogP contribution in [0.2, 0.25) is 0 Å². The molecule has 3 aromatic heterocycles. The lowest BCUT2D eigenvalue weighted by Crippen LogP contribution is -2.21. The predicted molar refractivity (Wildman–Crippen MR) is 122 cm³/mol. The summed E-state index contributed by atoms with van der Waals surface area (Å²) in [6.45, 7) is 4.36. The van der Waals surface area contributed by atoms with Gasteiger partial charge in [-0.2, -0.15) is 4.98 Å². The lowest BCUT2D eigenvalue weighted by atomic mass is 9.93. The summed E-state index contributed by atoms with van der Waals surface area (Å²) < 4.78 is 2.29. The molecule has 7 nitrogen and oxygen atoms in total. The molecule has 0 bridgehead atoms. The van der Waals surface area contributed by atoms with Crippen LogP contribution in [-0.2, 0) is 0 Å². The Balaban J connectivity index is 1.53. The van der Waals surface area contributed by atoms with E-state index in [1.165, 1.54) is 12.8 Å². The van der Waals surface area contributed by atoms with Gasteiger partial charge in [0.15, 0.2) is 0 Å². The molecule has 164 valence electrons. The van der Waals surface area contributed by atoms with Crippen LogP contribution >= 0.6 is 0 Å². The number of hydrogen-bond donors (Lipinski definition) is 2. The molecule has 2 aliphatic rings. The van der Waals surface area contributed by atoms with Gasteiger partial charge in [0, 0.05) is 59.3 Å². The third-order valence-corrected chi connectivity index (χ3v) is 6.65.